The topological polar surface area (TPSA) is 44.7 Å². The molecule has 0 amide bonds. The maximum Gasteiger partial charge on any atom is 0.162 e. The minimum absolute atomic E-state index is 0.262. The molecule has 1 aromatic carbocycles. The van der Waals surface area contributed by atoms with Crippen LogP contribution in [0.15, 0.2) is 18.2 Å². The van der Waals surface area contributed by atoms with E-state index in [9.17, 15) is 5.11 Å². The summed E-state index contributed by atoms with van der Waals surface area (Å²) in [6.45, 7) is 5.39. The van der Waals surface area contributed by atoms with E-state index < -0.39 is 0 Å². The van der Waals surface area contributed by atoms with E-state index >= 15 is 0 Å². The highest BCUT2D eigenvalue weighted by Crippen LogP contribution is 2.29. The van der Waals surface area contributed by atoms with Crippen LogP contribution in [-0.4, -0.2) is 42.8 Å². The lowest BCUT2D eigenvalue weighted by Gasteiger charge is -2.14. The lowest BCUT2D eigenvalue weighted by Crippen LogP contribution is -2.30. The quantitative estimate of drug-likeness (QED) is 0.833. The van der Waals surface area contributed by atoms with E-state index in [2.05, 4.69) is 17.3 Å². The number of likely N-dealkylation sites (N-methyl/N-ethyl adjacent to an activating group) is 1. The second-order valence-corrected chi connectivity index (χ2v) is 4.83. The molecule has 18 heavy (non-hydrogen) atoms. The summed E-state index contributed by atoms with van der Waals surface area (Å²) in [4.78, 5) is 2.31. The largest absolute Gasteiger partial charge is 0.504 e. The summed E-state index contributed by atoms with van der Waals surface area (Å²) in [5.41, 5.74) is 0.899. The zero-order valence-corrected chi connectivity index (χ0v) is 11.1. The first-order valence-corrected chi connectivity index (χ1v) is 6.56. The number of benzene rings is 1. The number of para-hydroxylation sites is 1. The molecule has 1 fully saturated rings. The first-order chi connectivity index (χ1) is 8.70. The third kappa shape index (κ3) is 3.15. The Labute approximate surface area is 109 Å². The number of ether oxygens (including phenoxy) is 1. The van der Waals surface area contributed by atoms with Gasteiger partial charge in [0, 0.05) is 24.7 Å². The van der Waals surface area contributed by atoms with Crippen LogP contribution in [0.5, 0.6) is 11.5 Å². The molecule has 2 rings (SSSR count). The molecular formula is C14H22N2O2. The van der Waals surface area contributed by atoms with Crippen molar-refractivity contribution in [1.29, 1.82) is 0 Å². The molecule has 0 radical (unpaired) electrons. The maximum atomic E-state index is 10.1. The summed E-state index contributed by atoms with van der Waals surface area (Å²) in [5, 5.41) is 13.6. The van der Waals surface area contributed by atoms with Gasteiger partial charge in [0.1, 0.15) is 0 Å². The van der Waals surface area contributed by atoms with Crippen LogP contribution in [-0.2, 0) is 6.54 Å². The highest BCUT2D eigenvalue weighted by atomic mass is 16.5. The lowest BCUT2D eigenvalue weighted by atomic mass is 10.1. The zero-order valence-electron chi connectivity index (χ0n) is 11.1. The molecule has 1 unspecified atom stereocenters. The minimum Gasteiger partial charge on any atom is -0.504 e. The van der Waals surface area contributed by atoms with Gasteiger partial charge in [0.25, 0.3) is 0 Å². The molecule has 4 heteroatoms. The van der Waals surface area contributed by atoms with Gasteiger partial charge in [-0.15, -0.1) is 0 Å². The fourth-order valence-corrected chi connectivity index (χ4v) is 2.34. The van der Waals surface area contributed by atoms with Gasteiger partial charge in [0.2, 0.25) is 0 Å². The van der Waals surface area contributed by atoms with Gasteiger partial charge in [-0.05, 0) is 33.0 Å². The van der Waals surface area contributed by atoms with Crippen LogP contribution in [0.4, 0.5) is 0 Å². The molecule has 0 bridgehead atoms. The van der Waals surface area contributed by atoms with E-state index in [1.807, 2.05) is 19.1 Å². The van der Waals surface area contributed by atoms with E-state index in [4.69, 9.17) is 4.74 Å². The second kappa shape index (κ2) is 6.07. The fourth-order valence-electron chi connectivity index (χ4n) is 2.34. The summed E-state index contributed by atoms with van der Waals surface area (Å²) in [7, 11) is 2.13. The van der Waals surface area contributed by atoms with Crippen molar-refractivity contribution in [3.8, 4) is 11.5 Å². The monoisotopic (exact) mass is 250 g/mol. The number of nitrogens with one attached hydrogen (secondary N) is 1. The number of likely N-dealkylation sites (tertiary alicyclic amines) is 1. The maximum absolute atomic E-state index is 10.1. The molecule has 1 aromatic rings. The first kappa shape index (κ1) is 13.2. The Balaban J connectivity index is 1.94. The molecular weight excluding hydrogens is 228 g/mol. The SMILES string of the molecule is CCOc1cccc(CNC2CCN(C)C2)c1O. The Morgan fingerprint density at radius 1 is 1.50 bits per heavy atom. The molecule has 0 aromatic heterocycles. The van der Waals surface area contributed by atoms with Gasteiger partial charge < -0.3 is 20.1 Å². The van der Waals surface area contributed by atoms with Crippen LogP contribution in [0.2, 0.25) is 0 Å². The predicted octanol–water partition coefficient (Wildman–Crippen LogP) is 1.58. The summed E-state index contributed by atoms with van der Waals surface area (Å²) < 4.78 is 5.38. The van der Waals surface area contributed by atoms with Gasteiger partial charge >= 0.3 is 0 Å². The molecule has 1 atom stereocenters. The van der Waals surface area contributed by atoms with Gasteiger partial charge in [-0.2, -0.15) is 0 Å². The molecule has 1 heterocycles. The average molecular weight is 250 g/mol. The number of phenolic OH excluding ortho intramolecular Hbond substituents is 1. The van der Waals surface area contributed by atoms with Gasteiger partial charge in [-0.3, -0.25) is 0 Å². The van der Waals surface area contributed by atoms with E-state index in [0.29, 0.717) is 24.9 Å². The van der Waals surface area contributed by atoms with Crippen molar-refractivity contribution in [2.24, 2.45) is 0 Å². The fraction of sp³-hybridized carbons (Fsp3) is 0.571. The summed E-state index contributed by atoms with van der Waals surface area (Å²) in [6.07, 6.45) is 1.17. The van der Waals surface area contributed by atoms with Gasteiger partial charge in [-0.1, -0.05) is 12.1 Å². The Kier molecular flexibility index (Phi) is 4.44. The molecule has 4 nitrogen and oxygen atoms in total. The Bertz CT molecular complexity index is 395. The number of hydrogen-bond donors (Lipinski definition) is 2. The number of hydrogen-bond acceptors (Lipinski definition) is 4. The molecule has 1 aliphatic heterocycles. The van der Waals surface area contributed by atoms with Crippen LogP contribution >= 0.6 is 0 Å². The standard InChI is InChI=1S/C14H22N2O2/c1-3-18-13-6-4-5-11(14(13)17)9-15-12-7-8-16(2)10-12/h4-6,12,15,17H,3,7-10H2,1-2H3. The molecule has 100 valence electrons. The van der Waals surface area contributed by atoms with Crippen molar-refractivity contribution < 1.29 is 9.84 Å². The zero-order chi connectivity index (χ0) is 13.0. The Morgan fingerprint density at radius 3 is 3.00 bits per heavy atom. The Morgan fingerprint density at radius 2 is 2.33 bits per heavy atom. The Hall–Kier alpha value is -1.26. The van der Waals surface area contributed by atoms with Crippen molar-refractivity contribution in [2.45, 2.75) is 25.9 Å². The lowest BCUT2D eigenvalue weighted by molar-refractivity contribution is 0.316. The smallest absolute Gasteiger partial charge is 0.162 e. The molecule has 0 spiro atoms. The minimum atomic E-state index is 0.262. The van der Waals surface area contributed by atoms with Gasteiger partial charge in [0.15, 0.2) is 11.5 Å². The molecule has 2 N–H and O–H groups in total. The highest BCUT2D eigenvalue weighted by Gasteiger charge is 2.19. The van der Waals surface area contributed by atoms with E-state index in [-0.39, 0.29) is 5.75 Å². The highest BCUT2D eigenvalue weighted by molar-refractivity contribution is 5.45. The summed E-state index contributed by atoms with van der Waals surface area (Å²) in [5.74, 6) is 0.832. The normalized spacial score (nSPS) is 20.2. The van der Waals surface area contributed by atoms with E-state index in [1.54, 1.807) is 6.07 Å². The van der Waals surface area contributed by atoms with Crippen LogP contribution in [0.25, 0.3) is 0 Å². The van der Waals surface area contributed by atoms with E-state index in [1.165, 1.54) is 6.42 Å². The third-order valence-electron chi connectivity index (χ3n) is 3.35. The van der Waals surface area contributed by atoms with Crippen LogP contribution in [0, 0.1) is 0 Å². The van der Waals surface area contributed by atoms with Crippen molar-refractivity contribution in [3.63, 3.8) is 0 Å². The molecule has 0 saturated carbocycles. The third-order valence-corrected chi connectivity index (χ3v) is 3.35. The van der Waals surface area contributed by atoms with E-state index in [0.717, 1.165) is 18.7 Å². The van der Waals surface area contributed by atoms with Gasteiger partial charge in [-0.25, -0.2) is 0 Å². The predicted molar refractivity (Wildman–Crippen MR) is 72.0 cm³/mol. The number of phenols is 1. The average Bonchev–Trinajstić information content (AvgIpc) is 2.77. The summed E-state index contributed by atoms with van der Waals surface area (Å²) >= 11 is 0. The van der Waals surface area contributed by atoms with Crippen LogP contribution in [0.3, 0.4) is 0 Å². The van der Waals surface area contributed by atoms with Crippen molar-refractivity contribution in [1.82, 2.24) is 10.2 Å². The number of nitrogens with zero attached hydrogens (tertiary/aromatic N) is 1. The molecule has 1 aliphatic rings. The number of rotatable bonds is 5. The van der Waals surface area contributed by atoms with Crippen LogP contribution < -0.4 is 10.1 Å². The second-order valence-electron chi connectivity index (χ2n) is 4.83. The van der Waals surface area contributed by atoms with Crippen molar-refractivity contribution in [2.75, 3.05) is 26.7 Å². The molecule has 0 aliphatic carbocycles. The molecule has 1 saturated heterocycles. The first-order valence-electron chi connectivity index (χ1n) is 6.56. The van der Waals surface area contributed by atoms with Crippen molar-refractivity contribution >= 4 is 0 Å². The van der Waals surface area contributed by atoms with Gasteiger partial charge in [0.05, 0.1) is 6.61 Å². The van der Waals surface area contributed by atoms with Crippen LogP contribution in [0.1, 0.15) is 18.9 Å². The van der Waals surface area contributed by atoms with Crippen molar-refractivity contribution in [3.05, 3.63) is 23.8 Å². The number of aromatic hydroxyl groups is 1. The summed E-state index contributed by atoms with van der Waals surface area (Å²) in [6, 6.07) is 6.17.